The Morgan fingerprint density at radius 2 is 1.75 bits per heavy atom. The van der Waals surface area contributed by atoms with Crippen LogP contribution in [0, 0.1) is 0 Å². The summed E-state index contributed by atoms with van der Waals surface area (Å²) in [6.45, 7) is 1.06. The molecular weight excluding hydrogens is 418 g/mol. The minimum atomic E-state index is -0.500. The molecule has 2 rings (SSSR count). The number of halogens is 1. The molecule has 6 nitrogen and oxygen atoms in total. The number of nitrogens with one attached hydrogen (secondary N) is 1. The second-order valence-corrected chi connectivity index (χ2v) is 7.89. The number of aliphatic hydroxyl groups excluding tert-OH is 2. The third-order valence-corrected chi connectivity index (χ3v) is 4.87. The highest BCUT2D eigenvalue weighted by Gasteiger charge is 2.16. The summed E-state index contributed by atoms with van der Waals surface area (Å²) >= 11 is 14.7. The van der Waals surface area contributed by atoms with Crippen molar-refractivity contribution < 1.29 is 15.0 Å². The summed E-state index contributed by atoms with van der Waals surface area (Å²) in [5, 5.41) is 20.4. The summed E-state index contributed by atoms with van der Waals surface area (Å²) in [4.78, 5) is 13.7. The average Bonchev–Trinajstić information content (AvgIpc) is 2.63. The van der Waals surface area contributed by atoms with Crippen molar-refractivity contribution in [3.8, 4) is 0 Å². The van der Waals surface area contributed by atoms with Crippen LogP contribution in [-0.2, 0) is 11.3 Å². The van der Waals surface area contributed by atoms with Crippen molar-refractivity contribution in [2.45, 2.75) is 57.5 Å². The molecule has 1 fully saturated rings. The van der Waals surface area contributed by atoms with Crippen molar-refractivity contribution in [3.05, 3.63) is 34.9 Å². The zero-order chi connectivity index (χ0) is 20.9. The van der Waals surface area contributed by atoms with E-state index in [1.165, 1.54) is 19.3 Å². The van der Waals surface area contributed by atoms with Crippen molar-refractivity contribution in [1.29, 1.82) is 0 Å². The first-order valence-electron chi connectivity index (χ1n) is 9.28. The molecule has 0 unspecified atom stereocenters. The van der Waals surface area contributed by atoms with Gasteiger partial charge in [-0.3, -0.25) is 4.79 Å². The highest BCUT2D eigenvalue weighted by Crippen LogP contribution is 2.17. The Morgan fingerprint density at radius 3 is 2.29 bits per heavy atom. The van der Waals surface area contributed by atoms with Crippen molar-refractivity contribution in [2.75, 3.05) is 6.54 Å². The van der Waals surface area contributed by atoms with Gasteiger partial charge in [-0.25, -0.2) is 0 Å². The molecule has 1 aromatic rings. The molecule has 0 radical (unpaired) electrons. The smallest absolute Gasteiger partial charge is 0.257 e. The summed E-state index contributed by atoms with van der Waals surface area (Å²) < 4.78 is 0. The third-order valence-electron chi connectivity index (χ3n) is 4.36. The molecule has 1 saturated carbocycles. The Morgan fingerprint density at radius 1 is 1.18 bits per heavy atom. The van der Waals surface area contributed by atoms with Gasteiger partial charge in [-0.1, -0.05) is 43.0 Å². The predicted octanol–water partition coefficient (Wildman–Crippen LogP) is 4.00. The molecule has 0 aliphatic heterocycles. The highest BCUT2D eigenvalue weighted by atomic mass is 35.5. The summed E-state index contributed by atoms with van der Waals surface area (Å²) in [7, 11) is 0. The Kier molecular flexibility index (Phi) is 11.8. The number of thiocarbonyl (C=S) groups is 2. The number of aliphatic hydroxyl groups is 2. The van der Waals surface area contributed by atoms with Gasteiger partial charge in [0.05, 0.1) is 0 Å². The van der Waals surface area contributed by atoms with E-state index in [1.54, 1.807) is 4.90 Å². The van der Waals surface area contributed by atoms with Gasteiger partial charge in [0.15, 0.2) is 0 Å². The lowest BCUT2D eigenvalue weighted by Gasteiger charge is -2.24. The van der Waals surface area contributed by atoms with E-state index in [9.17, 15) is 9.90 Å². The van der Waals surface area contributed by atoms with Crippen LogP contribution in [0.4, 0.5) is 0 Å². The molecule has 156 valence electrons. The standard InChI is InChI=1S/C18H25ClN2O2S.CH3NOS/c19-15-10-8-14(9-11-15)13-21(18(23)24)12-4-7-17(22)20-16-5-2-1-3-6-16;2-1(3)4/h8-11,16H,1-7,12-13H2,(H,20,22)(H,23,24);(H3,2,3,4). The van der Waals surface area contributed by atoms with Crippen molar-refractivity contribution in [3.63, 3.8) is 0 Å². The SMILES string of the molecule is NC(O)=S.O=C(CCCN(Cc1ccc(Cl)cc1)C(O)=S)NC1CCCCC1. The van der Waals surface area contributed by atoms with Crippen molar-refractivity contribution >= 4 is 52.3 Å². The number of carbonyl (C=O) groups excluding carboxylic acids is 1. The lowest BCUT2D eigenvalue weighted by atomic mass is 9.95. The zero-order valence-corrected chi connectivity index (χ0v) is 18.2. The number of hydrogen-bond donors (Lipinski definition) is 4. The van der Waals surface area contributed by atoms with Crippen LogP contribution in [0.25, 0.3) is 0 Å². The quantitative estimate of drug-likeness (QED) is 0.470. The number of carbonyl (C=O) groups is 1. The molecule has 0 saturated heterocycles. The Hall–Kier alpha value is -1.64. The summed E-state index contributed by atoms with van der Waals surface area (Å²) in [6, 6.07) is 7.78. The third kappa shape index (κ3) is 11.3. The van der Waals surface area contributed by atoms with Gasteiger partial charge in [0.2, 0.25) is 5.91 Å². The van der Waals surface area contributed by atoms with E-state index in [4.69, 9.17) is 28.9 Å². The van der Waals surface area contributed by atoms with Gasteiger partial charge in [-0.2, -0.15) is 0 Å². The van der Waals surface area contributed by atoms with Crippen LogP contribution in [0.15, 0.2) is 24.3 Å². The molecule has 1 aliphatic carbocycles. The fourth-order valence-electron chi connectivity index (χ4n) is 3.03. The number of nitrogens with two attached hydrogens (primary N) is 1. The Labute approximate surface area is 182 Å². The van der Waals surface area contributed by atoms with Crippen LogP contribution < -0.4 is 11.1 Å². The van der Waals surface area contributed by atoms with Gasteiger partial charge in [0.1, 0.15) is 0 Å². The van der Waals surface area contributed by atoms with Gasteiger partial charge < -0.3 is 26.2 Å². The first kappa shape index (κ1) is 24.4. The van der Waals surface area contributed by atoms with Crippen molar-refractivity contribution in [2.24, 2.45) is 5.73 Å². The van der Waals surface area contributed by atoms with Gasteiger partial charge in [0.25, 0.3) is 10.3 Å². The molecule has 0 bridgehead atoms. The van der Waals surface area contributed by atoms with E-state index in [1.807, 2.05) is 24.3 Å². The highest BCUT2D eigenvalue weighted by molar-refractivity contribution is 7.80. The van der Waals surface area contributed by atoms with Crippen LogP contribution in [0.1, 0.15) is 50.5 Å². The van der Waals surface area contributed by atoms with Crippen molar-refractivity contribution in [1.82, 2.24) is 10.2 Å². The summed E-state index contributed by atoms with van der Waals surface area (Å²) in [6.07, 6.45) is 6.99. The van der Waals surface area contributed by atoms with E-state index < -0.39 is 5.17 Å². The Bertz CT molecular complexity index is 634. The lowest BCUT2D eigenvalue weighted by molar-refractivity contribution is -0.122. The first-order chi connectivity index (χ1) is 13.3. The minimum Gasteiger partial charge on any atom is -0.487 e. The maximum Gasteiger partial charge on any atom is 0.257 e. The lowest BCUT2D eigenvalue weighted by Crippen LogP contribution is -2.36. The molecule has 1 amide bonds. The second kappa shape index (κ2) is 13.5. The zero-order valence-electron chi connectivity index (χ0n) is 15.8. The molecule has 5 N–H and O–H groups in total. The number of rotatable bonds is 7. The van der Waals surface area contributed by atoms with Gasteiger partial charge in [-0.15, -0.1) is 0 Å². The van der Waals surface area contributed by atoms with E-state index in [-0.39, 0.29) is 11.1 Å². The van der Waals surface area contributed by atoms with Crippen LogP contribution in [0.3, 0.4) is 0 Å². The molecular formula is C19H28ClN3O3S2. The number of nitrogens with zero attached hydrogens (tertiary/aromatic N) is 1. The van der Waals surface area contributed by atoms with E-state index in [2.05, 4.69) is 23.3 Å². The predicted molar refractivity (Wildman–Crippen MR) is 121 cm³/mol. The van der Waals surface area contributed by atoms with Crippen LogP contribution in [0.5, 0.6) is 0 Å². The van der Waals surface area contributed by atoms with E-state index in [0.717, 1.165) is 18.4 Å². The fraction of sp³-hybridized carbons (Fsp3) is 0.526. The topological polar surface area (TPSA) is 98.8 Å². The monoisotopic (exact) mass is 445 g/mol. The molecule has 0 heterocycles. The van der Waals surface area contributed by atoms with Gasteiger partial charge >= 0.3 is 0 Å². The molecule has 9 heteroatoms. The molecule has 1 aromatic carbocycles. The number of benzene rings is 1. The molecule has 0 spiro atoms. The Balaban J connectivity index is 0.000000892. The van der Waals surface area contributed by atoms with Crippen LogP contribution >= 0.6 is 36.0 Å². The van der Waals surface area contributed by atoms with Crippen LogP contribution in [-0.4, -0.2) is 44.0 Å². The largest absolute Gasteiger partial charge is 0.487 e. The number of amides is 1. The second-order valence-electron chi connectivity index (χ2n) is 6.67. The maximum absolute atomic E-state index is 12.0. The number of hydrogen-bond acceptors (Lipinski definition) is 3. The maximum atomic E-state index is 12.0. The fourth-order valence-corrected chi connectivity index (χ4v) is 3.31. The molecule has 1 aliphatic rings. The molecule has 28 heavy (non-hydrogen) atoms. The van der Waals surface area contributed by atoms with Gasteiger partial charge in [0, 0.05) is 30.6 Å². The van der Waals surface area contributed by atoms with E-state index in [0.29, 0.717) is 37.0 Å². The average molecular weight is 446 g/mol. The summed E-state index contributed by atoms with van der Waals surface area (Å²) in [5.74, 6) is 0.0946. The minimum absolute atomic E-state index is 0.0946. The normalized spacial score (nSPS) is 13.8. The van der Waals surface area contributed by atoms with Gasteiger partial charge in [-0.05, 0) is 61.4 Å². The molecule has 0 atom stereocenters. The molecule has 0 aromatic heterocycles. The van der Waals surface area contributed by atoms with Crippen LogP contribution in [0.2, 0.25) is 5.02 Å². The first-order valence-corrected chi connectivity index (χ1v) is 10.5. The van der Waals surface area contributed by atoms with E-state index >= 15 is 0 Å². The summed E-state index contributed by atoms with van der Waals surface area (Å²) in [5.41, 5.74) is 5.41.